The van der Waals surface area contributed by atoms with Crippen molar-refractivity contribution in [1.29, 1.82) is 0 Å². The van der Waals surface area contributed by atoms with Gasteiger partial charge in [-0.2, -0.15) is 5.01 Å². The number of nitro groups is 1. The Balaban J connectivity index is 2.06. The van der Waals surface area contributed by atoms with E-state index in [9.17, 15) is 24.5 Å². The highest BCUT2D eigenvalue weighted by molar-refractivity contribution is 5.97. The fraction of sp³-hybridized carbons (Fsp3) is 0.200. The lowest BCUT2D eigenvalue weighted by Gasteiger charge is -2.22. The van der Waals surface area contributed by atoms with Crippen LogP contribution in [0.3, 0.4) is 0 Å². The van der Waals surface area contributed by atoms with E-state index in [1.165, 1.54) is 56.3 Å². The summed E-state index contributed by atoms with van der Waals surface area (Å²) >= 11 is 0. The molecule has 0 saturated heterocycles. The molecule has 1 atom stereocenters. The first-order valence-corrected chi connectivity index (χ1v) is 8.97. The molecule has 2 aromatic carbocycles. The van der Waals surface area contributed by atoms with Gasteiger partial charge in [-0.15, -0.1) is 5.10 Å². The summed E-state index contributed by atoms with van der Waals surface area (Å²) in [5.74, 6) is -2.04. The Morgan fingerprint density at radius 3 is 2.35 bits per heavy atom. The third-order valence-corrected chi connectivity index (χ3v) is 4.05. The number of hydrogen-bond donors (Lipinski definition) is 0. The van der Waals surface area contributed by atoms with Gasteiger partial charge in [-0.3, -0.25) is 24.5 Å². The fourth-order valence-electron chi connectivity index (χ4n) is 2.85. The smallest absolute Gasteiger partial charge is 0.308 e. The highest BCUT2D eigenvalue weighted by Crippen LogP contribution is 2.41. The molecule has 0 unspecified atom stereocenters. The molecule has 1 aliphatic rings. The number of para-hydroxylation sites is 1. The molecule has 1 amide bonds. The average Bonchev–Trinajstić information content (AvgIpc) is 3.14. The molecule has 1 heterocycles. The van der Waals surface area contributed by atoms with Crippen molar-refractivity contribution in [3.63, 3.8) is 0 Å². The highest BCUT2D eigenvalue weighted by Gasteiger charge is 2.36. The van der Waals surface area contributed by atoms with Gasteiger partial charge in [0, 0.05) is 38.5 Å². The van der Waals surface area contributed by atoms with Crippen LogP contribution in [0, 0.1) is 10.1 Å². The molecule has 0 radical (unpaired) electrons. The largest absolute Gasteiger partial charge is 0.446 e. The Bertz CT molecular complexity index is 1110. The first kappa shape index (κ1) is 21.4. The summed E-state index contributed by atoms with van der Waals surface area (Å²) in [7, 11) is 0. The molecule has 160 valence electrons. The van der Waals surface area contributed by atoms with E-state index in [1.807, 2.05) is 0 Å². The SMILES string of the molecule is CC(=O)Oc1cccc([C@H]2OC(c3cccc([N+](=O)[O-])c3)=NN2C(C)=O)c1OC(C)=O. The minimum absolute atomic E-state index is 0.0453. The molecular formula is C20H17N3O8. The number of carbonyl (C=O) groups excluding carboxylic acids is 3. The lowest BCUT2D eigenvalue weighted by atomic mass is 10.1. The van der Waals surface area contributed by atoms with Gasteiger partial charge in [0.2, 0.25) is 18.0 Å². The van der Waals surface area contributed by atoms with E-state index in [0.717, 1.165) is 11.9 Å². The molecule has 0 N–H and O–H groups in total. The summed E-state index contributed by atoms with van der Waals surface area (Å²) in [6.45, 7) is 3.59. The van der Waals surface area contributed by atoms with Crippen molar-refractivity contribution in [2.24, 2.45) is 5.10 Å². The Morgan fingerprint density at radius 1 is 1.06 bits per heavy atom. The maximum absolute atomic E-state index is 12.2. The van der Waals surface area contributed by atoms with E-state index in [0.29, 0.717) is 0 Å². The summed E-state index contributed by atoms with van der Waals surface area (Å²) < 4.78 is 16.2. The molecule has 0 bridgehead atoms. The van der Waals surface area contributed by atoms with E-state index >= 15 is 0 Å². The number of carbonyl (C=O) groups is 3. The van der Waals surface area contributed by atoms with Crippen LogP contribution in [-0.4, -0.2) is 33.7 Å². The molecular weight excluding hydrogens is 410 g/mol. The molecule has 0 saturated carbocycles. The number of hydrazone groups is 1. The normalized spacial score (nSPS) is 15.0. The highest BCUT2D eigenvalue weighted by atomic mass is 16.6. The van der Waals surface area contributed by atoms with E-state index in [4.69, 9.17) is 14.2 Å². The van der Waals surface area contributed by atoms with Crippen molar-refractivity contribution in [2.75, 3.05) is 0 Å². The quantitative estimate of drug-likeness (QED) is 0.307. The monoisotopic (exact) mass is 427 g/mol. The first-order valence-electron chi connectivity index (χ1n) is 8.97. The second kappa shape index (κ2) is 8.61. The van der Waals surface area contributed by atoms with Crippen molar-refractivity contribution < 1.29 is 33.5 Å². The van der Waals surface area contributed by atoms with Crippen LogP contribution in [0.1, 0.15) is 38.1 Å². The lowest BCUT2D eigenvalue weighted by Crippen LogP contribution is -2.26. The van der Waals surface area contributed by atoms with Crippen LogP contribution in [0.5, 0.6) is 11.5 Å². The van der Waals surface area contributed by atoms with Crippen molar-refractivity contribution in [3.05, 3.63) is 63.7 Å². The molecule has 1 aliphatic heterocycles. The van der Waals surface area contributed by atoms with Crippen LogP contribution in [0.4, 0.5) is 5.69 Å². The summed E-state index contributed by atoms with van der Waals surface area (Å²) in [6, 6.07) is 10.00. The summed E-state index contributed by atoms with van der Waals surface area (Å²) in [6.07, 6.45) is -1.17. The number of rotatable bonds is 5. The Hall–Kier alpha value is -4.28. The minimum Gasteiger partial charge on any atom is -0.446 e. The van der Waals surface area contributed by atoms with Gasteiger partial charge in [0.1, 0.15) is 0 Å². The van der Waals surface area contributed by atoms with Crippen molar-refractivity contribution in [1.82, 2.24) is 5.01 Å². The predicted molar refractivity (Wildman–Crippen MR) is 105 cm³/mol. The first-order chi connectivity index (χ1) is 14.7. The second-order valence-electron chi connectivity index (χ2n) is 6.41. The lowest BCUT2D eigenvalue weighted by molar-refractivity contribution is -0.384. The van der Waals surface area contributed by atoms with Crippen molar-refractivity contribution in [3.8, 4) is 11.5 Å². The number of ether oxygens (including phenoxy) is 3. The van der Waals surface area contributed by atoms with Gasteiger partial charge in [0.05, 0.1) is 10.5 Å². The molecule has 11 nitrogen and oxygen atoms in total. The molecule has 11 heteroatoms. The molecule has 0 aromatic heterocycles. The number of benzene rings is 2. The van der Waals surface area contributed by atoms with Crippen LogP contribution in [0.15, 0.2) is 47.6 Å². The third-order valence-electron chi connectivity index (χ3n) is 4.05. The Kier molecular flexibility index (Phi) is 5.95. The number of hydrogen-bond acceptors (Lipinski definition) is 9. The number of nitrogens with zero attached hydrogens (tertiary/aromatic N) is 3. The third kappa shape index (κ3) is 4.66. The summed E-state index contributed by atoms with van der Waals surface area (Å²) in [5.41, 5.74) is 0.278. The van der Waals surface area contributed by atoms with Crippen LogP contribution < -0.4 is 9.47 Å². The van der Waals surface area contributed by atoms with E-state index in [-0.39, 0.29) is 34.2 Å². The van der Waals surface area contributed by atoms with Crippen LogP contribution in [-0.2, 0) is 19.1 Å². The van der Waals surface area contributed by atoms with Gasteiger partial charge >= 0.3 is 11.9 Å². The number of non-ortho nitro benzene ring substituents is 1. The Morgan fingerprint density at radius 2 is 1.74 bits per heavy atom. The van der Waals surface area contributed by atoms with E-state index in [2.05, 4.69) is 5.10 Å². The number of nitro benzene ring substituents is 1. The van der Waals surface area contributed by atoms with Gasteiger partial charge in [-0.25, -0.2) is 0 Å². The van der Waals surface area contributed by atoms with Gasteiger partial charge in [-0.05, 0) is 18.2 Å². The van der Waals surface area contributed by atoms with Crippen LogP contribution >= 0.6 is 0 Å². The maximum Gasteiger partial charge on any atom is 0.308 e. The predicted octanol–water partition coefficient (Wildman–Crippen LogP) is 2.68. The molecule has 3 rings (SSSR count). The molecule has 0 aliphatic carbocycles. The topological polar surface area (TPSA) is 138 Å². The zero-order valence-electron chi connectivity index (χ0n) is 16.7. The van der Waals surface area contributed by atoms with Crippen LogP contribution in [0.25, 0.3) is 0 Å². The number of amides is 1. The molecule has 0 spiro atoms. The van der Waals surface area contributed by atoms with Gasteiger partial charge in [0.15, 0.2) is 11.5 Å². The van der Waals surface area contributed by atoms with Crippen molar-refractivity contribution in [2.45, 2.75) is 27.0 Å². The molecule has 31 heavy (non-hydrogen) atoms. The zero-order chi connectivity index (χ0) is 22.7. The maximum atomic E-state index is 12.2. The molecule has 2 aromatic rings. The summed E-state index contributed by atoms with van der Waals surface area (Å²) in [4.78, 5) is 45.8. The van der Waals surface area contributed by atoms with E-state index < -0.39 is 29.0 Å². The Labute approximate surface area is 176 Å². The van der Waals surface area contributed by atoms with Gasteiger partial charge in [-0.1, -0.05) is 12.1 Å². The molecule has 0 fully saturated rings. The van der Waals surface area contributed by atoms with Gasteiger partial charge < -0.3 is 14.2 Å². The standard InChI is InChI=1S/C20H17N3O8/c1-11(24)22-20(31-19(21-22)14-6-4-7-15(10-14)23(27)28)16-8-5-9-17(29-12(2)25)18(16)30-13(3)26/h4-10,20H,1-3H3/t20-/m1/s1. The minimum atomic E-state index is -1.17. The van der Waals surface area contributed by atoms with Crippen molar-refractivity contribution >= 4 is 29.4 Å². The fourth-order valence-corrected chi connectivity index (χ4v) is 2.85. The average molecular weight is 427 g/mol. The number of esters is 2. The van der Waals surface area contributed by atoms with Gasteiger partial charge in [0.25, 0.3) is 5.69 Å². The summed E-state index contributed by atoms with van der Waals surface area (Å²) in [5, 5.41) is 16.2. The zero-order valence-corrected chi connectivity index (χ0v) is 16.7. The van der Waals surface area contributed by atoms with E-state index in [1.54, 1.807) is 0 Å². The second-order valence-corrected chi connectivity index (χ2v) is 6.41. The van der Waals surface area contributed by atoms with Crippen LogP contribution in [0.2, 0.25) is 0 Å².